The maximum absolute atomic E-state index is 14.5. The standard InChI is InChI=1S/C53H92N4O14/c1-15-41-53(11,65)45(60)34(6)55(12)27-30(2)25-51(9,64)47(32(4)44(33(5)49(63)69-41)70-42-26-52(10,66-14)46(61)36(8)68-42)71-50-43(59)40(24-31(3)67-50)56(13)29-38(35(7)58)54-48(62)39-22-19-23-57(39)28-37-20-17-16-18-21-37/h16-18,20-21,30-36,38-47,50,58-61,64-65H,15,19,22-29H2,1-14H3,(H,54,62)/t30-,31-,32+,33-,34-,35+,36+,38+,39+,40+,41-,42+,43-,44+,45-,46+,47-,50+,51-,52-,53-/m1/s1. The first-order chi connectivity index (χ1) is 33.1. The Labute approximate surface area is 423 Å². The minimum atomic E-state index is -1.85. The van der Waals surface area contributed by atoms with E-state index >= 15 is 0 Å². The minimum Gasteiger partial charge on any atom is -0.459 e. The molecule has 4 saturated heterocycles. The molecule has 1 amide bonds. The Bertz CT molecular complexity index is 1830. The van der Waals surface area contributed by atoms with Crippen LogP contribution >= 0.6 is 0 Å². The van der Waals surface area contributed by atoms with Crippen molar-refractivity contribution in [3.8, 4) is 0 Å². The van der Waals surface area contributed by atoms with Gasteiger partial charge in [-0.25, -0.2) is 0 Å². The summed E-state index contributed by atoms with van der Waals surface area (Å²) < 4.78 is 38.3. The molecule has 5 rings (SSSR count). The van der Waals surface area contributed by atoms with Crippen molar-refractivity contribution in [2.75, 3.05) is 40.8 Å². The van der Waals surface area contributed by atoms with Crippen molar-refractivity contribution in [1.82, 2.24) is 20.0 Å². The van der Waals surface area contributed by atoms with Crippen LogP contribution in [0.4, 0.5) is 0 Å². The molecular formula is C53H92N4O14. The number of rotatable bonds is 14. The summed E-state index contributed by atoms with van der Waals surface area (Å²) in [4.78, 5) is 34.4. The van der Waals surface area contributed by atoms with Crippen molar-refractivity contribution in [3.05, 3.63) is 35.9 Å². The normalized spacial score (nSPS) is 42.7. The van der Waals surface area contributed by atoms with Gasteiger partial charge in [-0.3, -0.25) is 19.4 Å². The molecular weight excluding hydrogens is 917 g/mol. The van der Waals surface area contributed by atoms with Crippen LogP contribution in [0.25, 0.3) is 0 Å². The Morgan fingerprint density at radius 3 is 2.27 bits per heavy atom. The van der Waals surface area contributed by atoms with E-state index in [1.807, 2.05) is 68.1 Å². The molecule has 0 radical (unpaired) electrons. The molecule has 4 aliphatic rings. The first-order valence-electron chi connectivity index (χ1n) is 26.2. The molecule has 4 fully saturated rings. The second-order valence-corrected chi connectivity index (χ2v) is 22.6. The Morgan fingerprint density at radius 1 is 0.986 bits per heavy atom. The number of hydrogen-bond donors (Lipinski definition) is 7. The van der Waals surface area contributed by atoms with E-state index in [2.05, 4.69) is 10.2 Å². The highest BCUT2D eigenvalue weighted by Crippen LogP contribution is 2.40. The monoisotopic (exact) mass is 1010 g/mol. The van der Waals surface area contributed by atoms with Gasteiger partial charge in [-0.1, -0.05) is 51.1 Å². The fraction of sp³-hybridized carbons (Fsp3) is 0.849. The van der Waals surface area contributed by atoms with Gasteiger partial charge >= 0.3 is 5.97 Å². The Morgan fingerprint density at radius 2 is 1.65 bits per heavy atom. The van der Waals surface area contributed by atoms with Gasteiger partial charge in [-0.05, 0) is 120 Å². The van der Waals surface area contributed by atoms with Gasteiger partial charge in [0.05, 0.1) is 59.7 Å². The number of likely N-dealkylation sites (N-methyl/N-ethyl adjacent to an activating group) is 2. The summed E-state index contributed by atoms with van der Waals surface area (Å²) in [5.74, 6) is -3.06. The van der Waals surface area contributed by atoms with Crippen LogP contribution in [0.5, 0.6) is 0 Å². The number of benzene rings is 1. The largest absolute Gasteiger partial charge is 0.459 e. The van der Waals surface area contributed by atoms with Gasteiger partial charge in [0.2, 0.25) is 5.91 Å². The van der Waals surface area contributed by atoms with Crippen LogP contribution in [0.15, 0.2) is 30.3 Å². The number of ether oxygens (including phenoxy) is 6. The third-order valence-corrected chi connectivity index (χ3v) is 16.4. The van der Waals surface area contributed by atoms with E-state index in [0.29, 0.717) is 25.9 Å². The van der Waals surface area contributed by atoms with Crippen LogP contribution in [-0.2, 0) is 44.6 Å². The van der Waals surface area contributed by atoms with Crippen molar-refractivity contribution < 1.29 is 68.6 Å². The SMILES string of the molecule is CC[C@H]1OC(=O)[C@H](C)[C@@H](O[C@H]2C[C@@](C)(OC)[C@@H](O)[C@H](C)O2)[C@H](C)[C@@H](O[C@@H]2O[C@H](C)C[C@H](N(C)C[C@H](NC(=O)[C@@H]3CCCN3Cc3ccccc3)[C@H](C)O)[C@H]2O)[C@](C)(O)C[C@@H](C)CN(C)[C@H](C)[C@@H](O)[C@]1(C)O. The molecule has 7 N–H and O–H groups in total. The Balaban J connectivity index is 1.46. The lowest BCUT2D eigenvalue weighted by atomic mass is 9.77. The zero-order chi connectivity index (χ0) is 52.9. The van der Waals surface area contributed by atoms with Gasteiger partial charge in [0, 0.05) is 51.2 Å². The van der Waals surface area contributed by atoms with E-state index < -0.39 is 120 Å². The van der Waals surface area contributed by atoms with E-state index in [1.54, 1.807) is 55.4 Å². The van der Waals surface area contributed by atoms with Gasteiger partial charge in [-0.2, -0.15) is 0 Å². The highest BCUT2D eigenvalue weighted by molar-refractivity contribution is 5.82. The maximum atomic E-state index is 14.5. The van der Waals surface area contributed by atoms with E-state index in [9.17, 15) is 40.2 Å². The molecule has 0 aliphatic carbocycles. The summed E-state index contributed by atoms with van der Waals surface area (Å²) in [6.07, 6.45) is -9.04. The quantitative estimate of drug-likeness (QED) is 0.133. The summed E-state index contributed by atoms with van der Waals surface area (Å²) in [6, 6.07) is 7.83. The molecule has 21 atom stereocenters. The molecule has 4 heterocycles. The Hall–Kier alpha value is -2.40. The average molecular weight is 1010 g/mol. The fourth-order valence-corrected chi connectivity index (χ4v) is 11.8. The molecule has 0 spiro atoms. The summed E-state index contributed by atoms with van der Waals surface area (Å²) in [5.41, 5.74) is -3.49. The number of esters is 1. The second kappa shape index (κ2) is 25.0. The average Bonchev–Trinajstić information content (AvgIpc) is 3.78. The van der Waals surface area contributed by atoms with Gasteiger partial charge in [0.1, 0.15) is 30.0 Å². The van der Waals surface area contributed by atoms with Gasteiger partial charge < -0.3 is 69.3 Å². The van der Waals surface area contributed by atoms with Crippen molar-refractivity contribution in [3.63, 3.8) is 0 Å². The lowest BCUT2D eigenvalue weighted by molar-refractivity contribution is -0.318. The van der Waals surface area contributed by atoms with Crippen molar-refractivity contribution in [2.24, 2.45) is 17.8 Å². The highest BCUT2D eigenvalue weighted by atomic mass is 16.7. The number of aliphatic hydroxyl groups is 6. The molecule has 408 valence electrons. The Kier molecular flexibility index (Phi) is 20.9. The van der Waals surface area contributed by atoms with Crippen LogP contribution in [-0.4, -0.2) is 207 Å². The smallest absolute Gasteiger partial charge is 0.311 e. The van der Waals surface area contributed by atoms with Gasteiger partial charge in [-0.15, -0.1) is 0 Å². The number of carbonyl (C=O) groups is 2. The zero-order valence-corrected chi connectivity index (χ0v) is 45.1. The summed E-state index contributed by atoms with van der Waals surface area (Å²) in [7, 11) is 5.15. The van der Waals surface area contributed by atoms with E-state index in [0.717, 1.165) is 18.5 Å². The number of hydrogen-bond acceptors (Lipinski definition) is 17. The number of amides is 1. The number of likely N-dealkylation sites (tertiary alicyclic amines) is 1. The third kappa shape index (κ3) is 14.3. The first kappa shape index (κ1) is 59.5. The van der Waals surface area contributed by atoms with Gasteiger partial charge in [0.15, 0.2) is 12.6 Å². The summed E-state index contributed by atoms with van der Waals surface area (Å²) >= 11 is 0. The van der Waals surface area contributed by atoms with E-state index in [-0.39, 0.29) is 43.7 Å². The number of methoxy groups -OCH3 is 1. The molecule has 4 aliphatic heterocycles. The van der Waals surface area contributed by atoms with Crippen LogP contribution in [0.3, 0.4) is 0 Å². The predicted molar refractivity (Wildman–Crippen MR) is 267 cm³/mol. The zero-order valence-electron chi connectivity index (χ0n) is 45.1. The minimum absolute atomic E-state index is 0.0815. The predicted octanol–water partition coefficient (Wildman–Crippen LogP) is 2.80. The molecule has 0 aromatic heterocycles. The van der Waals surface area contributed by atoms with Crippen LogP contribution < -0.4 is 5.32 Å². The number of nitrogens with one attached hydrogen (secondary N) is 1. The first-order valence-corrected chi connectivity index (χ1v) is 26.2. The number of cyclic esters (lactones) is 1. The molecule has 18 nitrogen and oxygen atoms in total. The summed E-state index contributed by atoms with van der Waals surface area (Å²) in [6.45, 7) is 21.0. The van der Waals surface area contributed by atoms with Crippen molar-refractivity contribution >= 4 is 11.9 Å². The number of carbonyl (C=O) groups excluding carboxylic acids is 2. The summed E-state index contributed by atoms with van der Waals surface area (Å²) in [5, 5.41) is 74.1. The van der Waals surface area contributed by atoms with E-state index in [1.165, 1.54) is 14.0 Å². The molecule has 1 aromatic carbocycles. The highest BCUT2D eigenvalue weighted by Gasteiger charge is 2.53. The van der Waals surface area contributed by atoms with Gasteiger partial charge in [0.25, 0.3) is 0 Å². The van der Waals surface area contributed by atoms with Crippen LogP contribution in [0.1, 0.15) is 120 Å². The van der Waals surface area contributed by atoms with Crippen LogP contribution in [0.2, 0.25) is 0 Å². The van der Waals surface area contributed by atoms with Crippen molar-refractivity contribution in [2.45, 2.75) is 230 Å². The van der Waals surface area contributed by atoms with E-state index in [4.69, 9.17) is 28.4 Å². The second-order valence-electron chi connectivity index (χ2n) is 22.6. The fourth-order valence-electron chi connectivity index (χ4n) is 11.8. The number of nitrogens with zero attached hydrogens (tertiary/aromatic N) is 3. The molecule has 0 unspecified atom stereocenters. The number of aliphatic hydroxyl groups excluding tert-OH is 4. The molecule has 71 heavy (non-hydrogen) atoms. The molecule has 1 aromatic rings. The lowest BCUT2D eigenvalue weighted by Gasteiger charge is -2.49. The molecule has 0 saturated carbocycles. The maximum Gasteiger partial charge on any atom is 0.311 e. The lowest BCUT2D eigenvalue weighted by Crippen LogP contribution is -2.62. The molecule has 18 heteroatoms. The van der Waals surface area contributed by atoms with Crippen molar-refractivity contribution in [1.29, 1.82) is 0 Å². The van der Waals surface area contributed by atoms with Crippen LogP contribution in [0, 0.1) is 17.8 Å². The topological polar surface area (TPSA) is 233 Å². The molecule has 0 bridgehead atoms. The third-order valence-electron chi connectivity index (χ3n) is 16.4.